The first kappa shape index (κ1) is 18.8. The van der Waals surface area contributed by atoms with Crippen LogP contribution in [0, 0.1) is 13.8 Å². The molecule has 0 atom stereocenters. The van der Waals surface area contributed by atoms with E-state index in [1.54, 1.807) is 50.3 Å². The Kier molecular flexibility index (Phi) is 6.82. The highest BCUT2D eigenvalue weighted by atomic mass is 16.5. The molecule has 2 heterocycles. The van der Waals surface area contributed by atoms with Gasteiger partial charge in [0.05, 0.1) is 25.0 Å². The van der Waals surface area contributed by atoms with Gasteiger partial charge in [0.15, 0.2) is 0 Å². The summed E-state index contributed by atoms with van der Waals surface area (Å²) in [5.41, 5.74) is 0.504. The predicted molar refractivity (Wildman–Crippen MR) is 91.1 cm³/mol. The van der Waals surface area contributed by atoms with Gasteiger partial charge >= 0.3 is 0 Å². The molecule has 2 rings (SSSR count). The van der Waals surface area contributed by atoms with Crippen molar-refractivity contribution >= 4 is 11.8 Å². The fourth-order valence-corrected chi connectivity index (χ4v) is 2.47. The number of hydrogen-bond donors (Lipinski definition) is 1. The van der Waals surface area contributed by atoms with Crippen LogP contribution in [-0.2, 0) is 16.1 Å². The Morgan fingerprint density at radius 2 is 2.12 bits per heavy atom. The lowest BCUT2D eigenvalue weighted by Gasteiger charge is -2.21. The number of hydrogen-bond acceptors (Lipinski definition) is 5. The molecular formula is C18H24N2O5. The fraction of sp³-hybridized carbons (Fsp3) is 0.444. The van der Waals surface area contributed by atoms with Gasteiger partial charge in [-0.1, -0.05) is 0 Å². The lowest BCUT2D eigenvalue weighted by molar-refractivity contribution is -0.121. The van der Waals surface area contributed by atoms with Crippen LogP contribution in [0.3, 0.4) is 0 Å². The largest absolute Gasteiger partial charge is 0.467 e. The lowest BCUT2D eigenvalue weighted by atomic mass is 10.2. The van der Waals surface area contributed by atoms with E-state index in [0.717, 1.165) is 0 Å². The number of aryl methyl sites for hydroxylation is 2. The van der Waals surface area contributed by atoms with Crippen molar-refractivity contribution in [2.24, 2.45) is 0 Å². The Morgan fingerprint density at radius 3 is 2.72 bits per heavy atom. The average molecular weight is 348 g/mol. The molecule has 0 bridgehead atoms. The molecule has 7 nitrogen and oxygen atoms in total. The van der Waals surface area contributed by atoms with E-state index in [1.165, 1.54) is 0 Å². The molecule has 0 unspecified atom stereocenters. The van der Waals surface area contributed by atoms with Crippen molar-refractivity contribution in [3.05, 3.63) is 47.3 Å². The van der Waals surface area contributed by atoms with Crippen LogP contribution in [0.25, 0.3) is 0 Å². The van der Waals surface area contributed by atoms with Crippen molar-refractivity contribution in [2.45, 2.75) is 26.8 Å². The van der Waals surface area contributed by atoms with Crippen LogP contribution in [0.2, 0.25) is 0 Å². The maximum Gasteiger partial charge on any atom is 0.257 e. The van der Waals surface area contributed by atoms with E-state index in [2.05, 4.69) is 5.32 Å². The van der Waals surface area contributed by atoms with Gasteiger partial charge in [0.1, 0.15) is 17.3 Å². The maximum atomic E-state index is 12.9. The van der Waals surface area contributed by atoms with Gasteiger partial charge in [-0.2, -0.15) is 0 Å². The van der Waals surface area contributed by atoms with E-state index < -0.39 is 0 Å². The molecule has 0 saturated heterocycles. The second kappa shape index (κ2) is 9.08. The summed E-state index contributed by atoms with van der Waals surface area (Å²) in [5.74, 6) is 1.59. The minimum atomic E-state index is -0.185. The monoisotopic (exact) mass is 348 g/mol. The molecule has 0 aromatic carbocycles. The van der Waals surface area contributed by atoms with Crippen molar-refractivity contribution in [3.63, 3.8) is 0 Å². The first-order valence-electron chi connectivity index (χ1n) is 8.15. The van der Waals surface area contributed by atoms with Gasteiger partial charge in [-0.3, -0.25) is 9.59 Å². The Balaban J connectivity index is 2.03. The van der Waals surface area contributed by atoms with Crippen LogP contribution >= 0.6 is 0 Å². The molecule has 25 heavy (non-hydrogen) atoms. The molecule has 2 aromatic heterocycles. The van der Waals surface area contributed by atoms with Crippen LogP contribution in [0.4, 0.5) is 0 Å². The average Bonchev–Trinajstić information content (AvgIpc) is 3.20. The first-order valence-corrected chi connectivity index (χ1v) is 8.15. The maximum absolute atomic E-state index is 12.9. The molecule has 136 valence electrons. The standard InChI is InChI=1S/C18H24N2O5/c1-13-11-16(14(2)25-13)18(22)20(12-15-5-4-9-24-15)8-6-17(21)19-7-10-23-3/h4-5,9,11H,6-8,10,12H2,1-3H3,(H,19,21). The zero-order valence-electron chi connectivity index (χ0n) is 14.8. The number of furan rings is 2. The van der Waals surface area contributed by atoms with Gasteiger partial charge in [-0.15, -0.1) is 0 Å². The van der Waals surface area contributed by atoms with E-state index in [0.29, 0.717) is 42.5 Å². The molecule has 0 radical (unpaired) electrons. The number of methoxy groups -OCH3 is 1. The number of rotatable bonds is 9. The van der Waals surface area contributed by atoms with E-state index in [-0.39, 0.29) is 24.8 Å². The third-order valence-electron chi connectivity index (χ3n) is 3.72. The number of carbonyl (C=O) groups is 2. The zero-order chi connectivity index (χ0) is 18.2. The van der Waals surface area contributed by atoms with E-state index in [1.807, 2.05) is 0 Å². The fourth-order valence-electron chi connectivity index (χ4n) is 2.47. The Morgan fingerprint density at radius 1 is 1.32 bits per heavy atom. The van der Waals surface area contributed by atoms with Crippen LogP contribution < -0.4 is 5.32 Å². The molecule has 0 aliphatic carbocycles. The van der Waals surface area contributed by atoms with Gasteiger partial charge in [-0.05, 0) is 32.0 Å². The minimum absolute atomic E-state index is 0.130. The van der Waals surface area contributed by atoms with Crippen molar-refractivity contribution < 1.29 is 23.2 Å². The third-order valence-corrected chi connectivity index (χ3v) is 3.72. The molecule has 0 spiro atoms. The summed E-state index contributed by atoms with van der Waals surface area (Å²) in [7, 11) is 1.57. The van der Waals surface area contributed by atoms with Crippen molar-refractivity contribution in [3.8, 4) is 0 Å². The number of carbonyl (C=O) groups excluding carboxylic acids is 2. The van der Waals surface area contributed by atoms with Gasteiger partial charge in [0.25, 0.3) is 5.91 Å². The van der Waals surface area contributed by atoms with E-state index in [9.17, 15) is 9.59 Å². The highest BCUT2D eigenvalue weighted by Crippen LogP contribution is 2.18. The number of nitrogens with zero attached hydrogens (tertiary/aromatic N) is 1. The van der Waals surface area contributed by atoms with Crippen LogP contribution in [0.15, 0.2) is 33.3 Å². The molecule has 2 amide bonds. The zero-order valence-corrected chi connectivity index (χ0v) is 14.8. The van der Waals surface area contributed by atoms with Gasteiger partial charge in [0, 0.05) is 26.6 Å². The normalized spacial score (nSPS) is 10.7. The molecule has 0 saturated carbocycles. The van der Waals surface area contributed by atoms with Gasteiger partial charge < -0.3 is 23.8 Å². The van der Waals surface area contributed by atoms with Gasteiger partial charge in [-0.25, -0.2) is 0 Å². The highest BCUT2D eigenvalue weighted by molar-refractivity contribution is 5.95. The van der Waals surface area contributed by atoms with Crippen molar-refractivity contribution in [1.82, 2.24) is 10.2 Å². The predicted octanol–water partition coefficient (Wildman–Crippen LogP) is 2.28. The topological polar surface area (TPSA) is 84.9 Å². The molecule has 1 N–H and O–H groups in total. The molecule has 0 aliphatic heterocycles. The van der Waals surface area contributed by atoms with Crippen LogP contribution in [0.1, 0.15) is 34.1 Å². The Bertz CT molecular complexity index is 690. The Labute approximate surface area is 146 Å². The number of amides is 2. The molecule has 2 aromatic rings. The third kappa shape index (κ3) is 5.49. The summed E-state index contributed by atoms with van der Waals surface area (Å²) in [6.45, 7) is 5.02. The highest BCUT2D eigenvalue weighted by Gasteiger charge is 2.22. The molecular weight excluding hydrogens is 324 g/mol. The van der Waals surface area contributed by atoms with Crippen LogP contribution in [0.5, 0.6) is 0 Å². The number of nitrogens with one attached hydrogen (secondary N) is 1. The summed E-state index contributed by atoms with van der Waals surface area (Å²) in [5, 5.41) is 2.75. The van der Waals surface area contributed by atoms with E-state index >= 15 is 0 Å². The minimum Gasteiger partial charge on any atom is -0.467 e. The summed E-state index contributed by atoms with van der Waals surface area (Å²) in [6, 6.07) is 5.28. The van der Waals surface area contributed by atoms with Crippen molar-refractivity contribution in [2.75, 3.05) is 26.8 Å². The molecule has 0 fully saturated rings. The molecule has 0 aliphatic rings. The second-order valence-corrected chi connectivity index (χ2v) is 5.73. The summed E-state index contributed by atoms with van der Waals surface area (Å²) in [6.07, 6.45) is 1.76. The van der Waals surface area contributed by atoms with Crippen LogP contribution in [-0.4, -0.2) is 43.5 Å². The smallest absolute Gasteiger partial charge is 0.257 e. The SMILES string of the molecule is COCCNC(=O)CCN(Cc1ccco1)C(=O)c1cc(C)oc1C. The summed E-state index contributed by atoms with van der Waals surface area (Å²) < 4.78 is 15.7. The molecule has 7 heteroatoms. The van der Waals surface area contributed by atoms with Gasteiger partial charge in [0.2, 0.25) is 5.91 Å². The first-order chi connectivity index (χ1) is 12.0. The van der Waals surface area contributed by atoms with Crippen molar-refractivity contribution in [1.29, 1.82) is 0 Å². The quantitative estimate of drug-likeness (QED) is 0.703. The summed E-state index contributed by atoms with van der Waals surface area (Å²) >= 11 is 0. The number of ether oxygens (including phenoxy) is 1. The lowest BCUT2D eigenvalue weighted by Crippen LogP contribution is -2.35. The summed E-state index contributed by atoms with van der Waals surface area (Å²) in [4.78, 5) is 26.3. The Hall–Kier alpha value is -2.54. The van der Waals surface area contributed by atoms with E-state index in [4.69, 9.17) is 13.6 Å². The second-order valence-electron chi connectivity index (χ2n) is 5.73.